The van der Waals surface area contributed by atoms with E-state index in [0.717, 1.165) is 5.56 Å². The molecule has 0 radical (unpaired) electrons. The number of carbonyl (C=O) groups is 2. The van der Waals surface area contributed by atoms with Crippen LogP contribution < -0.4 is 10.1 Å². The number of hydrogen-bond acceptors (Lipinski definition) is 7. The summed E-state index contributed by atoms with van der Waals surface area (Å²) in [5.74, 6) is 0.551. The highest BCUT2D eigenvalue weighted by Gasteiger charge is 2.16. The number of rotatable bonds is 9. The lowest BCUT2D eigenvalue weighted by molar-refractivity contribution is -0.113. The molecule has 0 atom stereocenters. The molecule has 34 heavy (non-hydrogen) atoms. The first kappa shape index (κ1) is 23.1. The van der Waals surface area contributed by atoms with Crippen LogP contribution in [0.2, 0.25) is 0 Å². The van der Waals surface area contributed by atoms with E-state index in [1.807, 2.05) is 36.4 Å². The highest BCUT2D eigenvalue weighted by atomic mass is 32.2. The van der Waals surface area contributed by atoms with Crippen LogP contribution in [0.1, 0.15) is 16.1 Å². The number of amides is 1. The number of hydrogen-bond donors (Lipinski definition) is 1. The van der Waals surface area contributed by atoms with Crippen LogP contribution in [0.5, 0.6) is 5.75 Å². The number of benzene rings is 3. The van der Waals surface area contributed by atoms with Crippen molar-refractivity contribution < 1.29 is 23.5 Å². The number of oxazole rings is 1. The monoisotopic (exact) mass is 474 g/mol. The predicted octanol–water partition coefficient (Wildman–Crippen LogP) is 5.44. The maximum atomic E-state index is 12.7. The third-order valence-electron chi connectivity index (χ3n) is 4.74. The van der Waals surface area contributed by atoms with Crippen LogP contribution in [-0.2, 0) is 16.1 Å². The molecule has 1 N–H and O–H groups in total. The van der Waals surface area contributed by atoms with E-state index in [1.165, 1.54) is 18.0 Å². The SMILES string of the molecule is COc1cccc(NC(=O)CSc2ccccc2C(=O)OCc2coc(-c3ccccc3)n2)c1. The fourth-order valence-electron chi connectivity index (χ4n) is 3.11. The first-order chi connectivity index (χ1) is 16.6. The number of nitrogens with zero attached hydrogens (tertiary/aromatic N) is 1. The predicted molar refractivity (Wildman–Crippen MR) is 130 cm³/mol. The van der Waals surface area contributed by atoms with Crippen molar-refractivity contribution in [2.75, 3.05) is 18.2 Å². The lowest BCUT2D eigenvalue weighted by atomic mass is 10.2. The molecule has 0 saturated carbocycles. The third kappa shape index (κ3) is 6.05. The fraction of sp³-hybridized carbons (Fsp3) is 0.115. The highest BCUT2D eigenvalue weighted by Crippen LogP contribution is 2.25. The largest absolute Gasteiger partial charge is 0.497 e. The molecule has 4 rings (SSSR count). The molecular weight excluding hydrogens is 452 g/mol. The second-order valence-electron chi connectivity index (χ2n) is 7.15. The lowest BCUT2D eigenvalue weighted by Gasteiger charge is -2.10. The molecule has 0 aliphatic heterocycles. The average molecular weight is 475 g/mol. The molecule has 0 aliphatic carbocycles. The molecule has 7 nitrogen and oxygen atoms in total. The van der Waals surface area contributed by atoms with Gasteiger partial charge in [-0.3, -0.25) is 4.79 Å². The summed E-state index contributed by atoms with van der Waals surface area (Å²) in [6.07, 6.45) is 1.47. The van der Waals surface area contributed by atoms with E-state index in [-0.39, 0.29) is 18.3 Å². The van der Waals surface area contributed by atoms with Gasteiger partial charge in [0.25, 0.3) is 0 Å². The van der Waals surface area contributed by atoms with Crippen molar-refractivity contribution >= 4 is 29.3 Å². The molecule has 0 unspecified atom stereocenters. The summed E-state index contributed by atoms with van der Waals surface area (Å²) in [6, 6.07) is 23.6. The molecule has 172 valence electrons. The van der Waals surface area contributed by atoms with E-state index < -0.39 is 5.97 Å². The van der Waals surface area contributed by atoms with E-state index in [2.05, 4.69) is 10.3 Å². The smallest absolute Gasteiger partial charge is 0.339 e. The van der Waals surface area contributed by atoms with Crippen molar-refractivity contribution in [3.63, 3.8) is 0 Å². The number of anilines is 1. The number of nitrogens with one attached hydrogen (secondary N) is 1. The lowest BCUT2D eigenvalue weighted by Crippen LogP contribution is -2.14. The average Bonchev–Trinajstić information content (AvgIpc) is 3.36. The Balaban J connectivity index is 1.34. The van der Waals surface area contributed by atoms with E-state index in [9.17, 15) is 9.59 Å². The summed E-state index contributed by atoms with van der Waals surface area (Å²) in [5.41, 5.74) is 2.37. The second-order valence-corrected chi connectivity index (χ2v) is 8.17. The molecule has 1 heterocycles. The van der Waals surface area contributed by atoms with Crippen molar-refractivity contribution in [1.82, 2.24) is 4.98 Å². The highest BCUT2D eigenvalue weighted by molar-refractivity contribution is 8.00. The van der Waals surface area contributed by atoms with Gasteiger partial charge in [-0.1, -0.05) is 36.4 Å². The molecule has 0 spiro atoms. The summed E-state index contributed by atoms with van der Waals surface area (Å²) in [7, 11) is 1.57. The quantitative estimate of drug-likeness (QED) is 0.255. The number of thioether (sulfide) groups is 1. The van der Waals surface area contributed by atoms with Crippen molar-refractivity contribution in [3.8, 4) is 17.2 Å². The second kappa shape index (κ2) is 11.2. The van der Waals surface area contributed by atoms with Gasteiger partial charge in [0.15, 0.2) is 0 Å². The number of esters is 1. The number of ether oxygens (including phenoxy) is 2. The van der Waals surface area contributed by atoms with Crippen molar-refractivity contribution in [2.45, 2.75) is 11.5 Å². The number of aromatic nitrogens is 1. The molecule has 8 heteroatoms. The summed E-state index contributed by atoms with van der Waals surface area (Å²) >= 11 is 1.26. The van der Waals surface area contributed by atoms with Crippen LogP contribution >= 0.6 is 11.8 Å². The van der Waals surface area contributed by atoms with Crippen molar-refractivity contribution in [3.05, 3.63) is 96.4 Å². The molecule has 1 amide bonds. The van der Waals surface area contributed by atoms with E-state index >= 15 is 0 Å². The fourth-order valence-corrected chi connectivity index (χ4v) is 3.95. The molecule has 4 aromatic rings. The van der Waals surface area contributed by atoms with Gasteiger partial charge in [-0.05, 0) is 36.4 Å². The van der Waals surface area contributed by atoms with Crippen LogP contribution in [0.25, 0.3) is 11.5 Å². The minimum absolute atomic E-state index is 0.0233. The summed E-state index contributed by atoms with van der Waals surface area (Å²) < 4.78 is 16.1. The Kier molecular flexibility index (Phi) is 7.62. The molecule has 0 saturated heterocycles. The first-order valence-corrected chi connectivity index (χ1v) is 11.4. The Hall–Kier alpha value is -4.04. The molecule has 0 aliphatic rings. The zero-order chi connectivity index (χ0) is 23.8. The Bertz CT molecular complexity index is 1270. The van der Waals surface area contributed by atoms with Crippen molar-refractivity contribution in [2.24, 2.45) is 0 Å². The van der Waals surface area contributed by atoms with Crippen LogP contribution in [0.3, 0.4) is 0 Å². The summed E-state index contributed by atoms with van der Waals surface area (Å²) in [6.45, 7) is -0.0233. The van der Waals surface area contributed by atoms with E-state index in [0.29, 0.717) is 33.5 Å². The first-order valence-electron chi connectivity index (χ1n) is 10.4. The van der Waals surface area contributed by atoms with Crippen LogP contribution in [0.4, 0.5) is 5.69 Å². The zero-order valence-corrected chi connectivity index (χ0v) is 19.2. The Labute approximate surface area is 201 Å². The number of methoxy groups -OCH3 is 1. The summed E-state index contributed by atoms with van der Waals surface area (Å²) in [5, 5.41) is 2.82. The minimum atomic E-state index is -0.499. The molecule has 3 aromatic carbocycles. The Morgan fingerprint density at radius 2 is 1.79 bits per heavy atom. The minimum Gasteiger partial charge on any atom is -0.497 e. The van der Waals surface area contributed by atoms with Gasteiger partial charge in [0.2, 0.25) is 11.8 Å². The standard InChI is InChI=1S/C26H22N2O5S/c1-31-21-11-7-10-19(14-21)27-24(29)17-34-23-13-6-5-12-22(23)26(30)33-16-20-15-32-25(28-20)18-8-3-2-4-9-18/h2-15H,16-17H2,1H3,(H,27,29). The maximum absolute atomic E-state index is 12.7. The maximum Gasteiger partial charge on any atom is 0.339 e. The molecule has 0 fully saturated rings. The van der Waals surface area contributed by atoms with Gasteiger partial charge < -0.3 is 19.2 Å². The van der Waals surface area contributed by atoms with Gasteiger partial charge in [-0.15, -0.1) is 11.8 Å². The zero-order valence-electron chi connectivity index (χ0n) is 18.4. The van der Waals surface area contributed by atoms with E-state index in [1.54, 1.807) is 49.6 Å². The van der Waals surface area contributed by atoms with Gasteiger partial charge >= 0.3 is 5.97 Å². The Morgan fingerprint density at radius 3 is 2.62 bits per heavy atom. The topological polar surface area (TPSA) is 90.7 Å². The van der Waals surface area contributed by atoms with Gasteiger partial charge in [0.1, 0.15) is 24.3 Å². The van der Waals surface area contributed by atoms with Crippen LogP contribution in [0.15, 0.2) is 94.4 Å². The molecular formula is C26H22N2O5S. The van der Waals surface area contributed by atoms with Crippen LogP contribution in [-0.4, -0.2) is 29.7 Å². The number of carbonyl (C=O) groups excluding carboxylic acids is 2. The molecule has 0 bridgehead atoms. The van der Waals surface area contributed by atoms with Crippen molar-refractivity contribution in [1.29, 1.82) is 0 Å². The summed E-state index contributed by atoms with van der Waals surface area (Å²) in [4.78, 5) is 30.1. The van der Waals surface area contributed by atoms with Gasteiger partial charge in [0, 0.05) is 22.2 Å². The van der Waals surface area contributed by atoms with Crippen LogP contribution in [0, 0.1) is 0 Å². The van der Waals surface area contributed by atoms with Gasteiger partial charge in [-0.25, -0.2) is 9.78 Å². The van der Waals surface area contributed by atoms with Gasteiger partial charge in [0.05, 0.1) is 18.4 Å². The van der Waals surface area contributed by atoms with Gasteiger partial charge in [-0.2, -0.15) is 0 Å². The third-order valence-corrected chi connectivity index (χ3v) is 5.82. The van der Waals surface area contributed by atoms with E-state index in [4.69, 9.17) is 13.9 Å². The molecule has 1 aromatic heterocycles. The normalized spacial score (nSPS) is 10.5. The Morgan fingerprint density at radius 1 is 1.00 bits per heavy atom.